The van der Waals surface area contributed by atoms with E-state index in [-0.39, 0.29) is 11.9 Å². The average Bonchev–Trinajstić information content (AvgIpc) is 3.07. The predicted octanol–water partition coefficient (Wildman–Crippen LogP) is 2.43. The number of carbonyl (C=O) groups excluding carboxylic acids is 1. The molecule has 3 aromatic rings. The summed E-state index contributed by atoms with van der Waals surface area (Å²) in [4.78, 5) is 24.0. The van der Waals surface area contributed by atoms with Crippen molar-refractivity contribution >= 4 is 40.3 Å². The number of methoxy groups -OCH3 is 1. The van der Waals surface area contributed by atoms with Gasteiger partial charge in [0.15, 0.2) is 0 Å². The second-order valence-corrected chi connectivity index (χ2v) is 6.23. The quantitative estimate of drug-likeness (QED) is 0.334. The van der Waals surface area contributed by atoms with Crippen LogP contribution in [-0.4, -0.2) is 40.2 Å². The van der Waals surface area contributed by atoms with Crippen LogP contribution in [0.15, 0.2) is 24.7 Å². The van der Waals surface area contributed by atoms with Gasteiger partial charge in [-0.05, 0) is 19.9 Å². The van der Waals surface area contributed by atoms with Crippen LogP contribution in [0.3, 0.4) is 0 Å². The maximum absolute atomic E-state index is 12.5. The molecule has 6 N–H and O–H groups in total. The molecule has 1 amide bonds. The summed E-state index contributed by atoms with van der Waals surface area (Å²) >= 11 is 0. The molecule has 0 saturated heterocycles. The number of fused-ring (bicyclic) bond motifs is 1. The minimum atomic E-state index is -0.224. The fourth-order valence-electron chi connectivity index (χ4n) is 2.71. The minimum absolute atomic E-state index is 0.00386. The second kappa shape index (κ2) is 7.32. The highest BCUT2D eigenvalue weighted by molar-refractivity contribution is 6.10. The second-order valence-electron chi connectivity index (χ2n) is 6.23. The Morgan fingerprint density at radius 2 is 2.15 bits per heavy atom. The third-order valence-electron chi connectivity index (χ3n) is 3.95. The van der Waals surface area contributed by atoms with Crippen molar-refractivity contribution in [3.05, 3.63) is 35.8 Å². The van der Waals surface area contributed by atoms with E-state index in [0.29, 0.717) is 45.1 Å². The molecule has 0 aliphatic heterocycles. The van der Waals surface area contributed by atoms with Crippen LogP contribution < -0.4 is 21.1 Å². The Labute approximate surface area is 155 Å². The molecule has 2 aromatic heterocycles. The molecule has 0 atom stereocenters. The third-order valence-corrected chi connectivity index (χ3v) is 3.95. The van der Waals surface area contributed by atoms with Crippen molar-refractivity contribution in [2.75, 3.05) is 18.2 Å². The largest absolute Gasteiger partial charge is 0.494 e. The van der Waals surface area contributed by atoms with Gasteiger partial charge >= 0.3 is 0 Å². The number of nitrogens with one attached hydrogen (secondary N) is 4. The zero-order chi connectivity index (χ0) is 19.6. The molecular weight excluding hydrogens is 346 g/mol. The number of aromatic amines is 1. The fraction of sp³-hybridized carbons (Fsp3) is 0.222. The van der Waals surface area contributed by atoms with Gasteiger partial charge in [-0.25, -0.2) is 9.97 Å². The lowest BCUT2D eigenvalue weighted by molar-refractivity contribution is 0.0945. The number of rotatable bonds is 6. The Hall–Kier alpha value is -3.62. The molecule has 0 fully saturated rings. The highest BCUT2D eigenvalue weighted by Gasteiger charge is 2.19. The third kappa shape index (κ3) is 3.52. The highest BCUT2D eigenvalue weighted by atomic mass is 16.5. The van der Waals surface area contributed by atoms with Gasteiger partial charge in [-0.15, -0.1) is 0 Å². The lowest BCUT2D eigenvalue weighted by Crippen LogP contribution is -2.29. The minimum Gasteiger partial charge on any atom is -0.494 e. The van der Waals surface area contributed by atoms with Gasteiger partial charge in [-0.2, -0.15) is 0 Å². The number of benzene rings is 1. The summed E-state index contributed by atoms with van der Waals surface area (Å²) in [6.07, 6.45) is 4.16. The van der Waals surface area contributed by atoms with Gasteiger partial charge < -0.3 is 31.5 Å². The summed E-state index contributed by atoms with van der Waals surface area (Å²) in [6, 6.07) is 3.32. The summed E-state index contributed by atoms with van der Waals surface area (Å²) in [7, 11) is 1.53. The van der Waals surface area contributed by atoms with Crippen LogP contribution in [0, 0.1) is 5.41 Å². The first kappa shape index (κ1) is 18.2. The van der Waals surface area contributed by atoms with Crippen LogP contribution in [0.1, 0.15) is 29.8 Å². The number of carbonyl (C=O) groups is 1. The van der Waals surface area contributed by atoms with Crippen molar-refractivity contribution in [3.63, 3.8) is 0 Å². The van der Waals surface area contributed by atoms with E-state index in [1.807, 2.05) is 13.8 Å². The van der Waals surface area contributed by atoms with E-state index in [4.69, 9.17) is 15.9 Å². The van der Waals surface area contributed by atoms with E-state index in [0.717, 1.165) is 6.21 Å². The van der Waals surface area contributed by atoms with Crippen molar-refractivity contribution in [3.8, 4) is 5.75 Å². The number of amides is 1. The summed E-state index contributed by atoms with van der Waals surface area (Å²) in [5.41, 5.74) is 8.41. The Kier molecular flexibility index (Phi) is 4.93. The van der Waals surface area contributed by atoms with Crippen LogP contribution in [-0.2, 0) is 0 Å². The van der Waals surface area contributed by atoms with Crippen LogP contribution in [0.25, 0.3) is 11.0 Å². The first-order valence-electron chi connectivity index (χ1n) is 8.32. The van der Waals surface area contributed by atoms with Gasteiger partial charge in [0.1, 0.15) is 23.5 Å². The molecule has 9 heteroatoms. The summed E-state index contributed by atoms with van der Waals surface area (Å²) < 4.78 is 5.37. The summed E-state index contributed by atoms with van der Waals surface area (Å²) in [5, 5.41) is 14.1. The Bertz CT molecular complexity index is 1010. The van der Waals surface area contributed by atoms with Crippen molar-refractivity contribution in [2.24, 2.45) is 0 Å². The lowest BCUT2D eigenvalue weighted by atomic mass is 10.1. The number of hydrogen-bond acceptors (Lipinski definition) is 7. The van der Waals surface area contributed by atoms with Gasteiger partial charge in [0, 0.05) is 35.8 Å². The van der Waals surface area contributed by atoms with E-state index in [9.17, 15) is 4.79 Å². The monoisotopic (exact) mass is 367 g/mol. The van der Waals surface area contributed by atoms with Gasteiger partial charge in [-0.1, -0.05) is 0 Å². The Balaban J connectivity index is 2.09. The molecular formula is C18H21N7O2. The fourth-order valence-corrected chi connectivity index (χ4v) is 2.71. The smallest absolute Gasteiger partial charge is 0.253 e. The number of ether oxygens (including phenoxy) is 1. The van der Waals surface area contributed by atoms with Gasteiger partial charge in [0.05, 0.1) is 23.7 Å². The molecule has 27 heavy (non-hydrogen) atoms. The summed E-state index contributed by atoms with van der Waals surface area (Å²) in [5.74, 6) is 0.710. The van der Waals surface area contributed by atoms with E-state index in [1.165, 1.54) is 13.4 Å². The standard InChI is InChI=1S/C18H21N7O2/c1-9(2)24-18(26)11-7-21-16-15(11)17(23-8-22-16)25-13-4-10(6-19)12(20)5-14(13)27-3/h4-9,19H,20H2,1-3H3,(H,24,26)(H2,21,22,23,25). The maximum Gasteiger partial charge on any atom is 0.253 e. The van der Waals surface area contributed by atoms with Crippen molar-refractivity contribution < 1.29 is 9.53 Å². The number of anilines is 3. The zero-order valence-electron chi connectivity index (χ0n) is 15.3. The molecule has 1 aromatic carbocycles. The Morgan fingerprint density at radius 1 is 1.37 bits per heavy atom. The molecule has 3 rings (SSSR count). The van der Waals surface area contributed by atoms with Crippen molar-refractivity contribution in [2.45, 2.75) is 19.9 Å². The van der Waals surface area contributed by atoms with Crippen LogP contribution in [0.4, 0.5) is 17.2 Å². The van der Waals surface area contributed by atoms with E-state index >= 15 is 0 Å². The van der Waals surface area contributed by atoms with Crippen molar-refractivity contribution in [1.82, 2.24) is 20.3 Å². The molecule has 0 aliphatic rings. The van der Waals surface area contributed by atoms with Gasteiger partial charge in [-0.3, -0.25) is 4.79 Å². The molecule has 0 aliphatic carbocycles. The van der Waals surface area contributed by atoms with Crippen LogP contribution in [0.2, 0.25) is 0 Å². The summed E-state index contributed by atoms with van der Waals surface area (Å²) in [6.45, 7) is 3.78. The molecule has 0 unspecified atom stereocenters. The van der Waals surface area contributed by atoms with E-state index in [1.54, 1.807) is 18.3 Å². The van der Waals surface area contributed by atoms with E-state index < -0.39 is 0 Å². The molecule has 9 nitrogen and oxygen atoms in total. The number of nitrogens with zero attached hydrogens (tertiary/aromatic N) is 2. The molecule has 140 valence electrons. The zero-order valence-corrected chi connectivity index (χ0v) is 15.3. The maximum atomic E-state index is 12.5. The number of H-pyrrole nitrogens is 1. The van der Waals surface area contributed by atoms with Crippen LogP contribution in [0.5, 0.6) is 5.75 Å². The number of nitrogen functional groups attached to an aromatic ring is 1. The van der Waals surface area contributed by atoms with Crippen LogP contribution >= 0.6 is 0 Å². The Morgan fingerprint density at radius 3 is 2.81 bits per heavy atom. The topological polar surface area (TPSA) is 142 Å². The number of aromatic nitrogens is 3. The van der Waals surface area contributed by atoms with E-state index in [2.05, 4.69) is 25.6 Å². The van der Waals surface area contributed by atoms with Gasteiger partial charge in [0.25, 0.3) is 5.91 Å². The molecule has 0 bridgehead atoms. The number of hydrogen-bond donors (Lipinski definition) is 5. The normalized spacial score (nSPS) is 10.8. The van der Waals surface area contributed by atoms with Gasteiger partial charge in [0.2, 0.25) is 0 Å². The SMILES string of the molecule is COc1cc(N)c(C=N)cc1Nc1ncnc2[nH]cc(C(=O)NC(C)C)c12. The molecule has 0 radical (unpaired) electrons. The lowest BCUT2D eigenvalue weighted by Gasteiger charge is -2.14. The molecule has 0 saturated carbocycles. The first-order valence-corrected chi connectivity index (χ1v) is 8.32. The average molecular weight is 367 g/mol. The molecule has 2 heterocycles. The number of nitrogens with two attached hydrogens (primary N) is 1. The predicted molar refractivity (Wildman–Crippen MR) is 105 cm³/mol. The molecule has 0 spiro atoms. The highest BCUT2D eigenvalue weighted by Crippen LogP contribution is 2.33. The first-order chi connectivity index (χ1) is 12.9. The van der Waals surface area contributed by atoms with Crippen molar-refractivity contribution in [1.29, 1.82) is 5.41 Å².